The summed E-state index contributed by atoms with van der Waals surface area (Å²) in [5.74, 6) is -0.757. The Balaban J connectivity index is 2.25. The average molecular weight is 239 g/mol. The Bertz CT molecular complexity index is 485. The van der Waals surface area contributed by atoms with Crippen LogP contribution in [0.5, 0.6) is 0 Å². The molecule has 0 aromatic carbocycles. The molecule has 1 aromatic heterocycles. The summed E-state index contributed by atoms with van der Waals surface area (Å²) in [6.45, 7) is 0.883. The zero-order chi connectivity index (χ0) is 12.4. The molecule has 7 nitrogen and oxygen atoms in total. The Morgan fingerprint density at radius 1 is 1.65 bits per heavy atom. The van der Waals surface area contributed by atoms with Crippen molar-refractivity contribution in [2.45, 2.75) is 6.10 Å². The van der Waals surface area contributed by atoms with Crippen molar-refractivity contribution < 1.29 is 14.6 Å². The SMILES string of the molecule is Cn1ccnc(N2CCOC(C(=O)O)C2)c1=O. The molecule has 1 unspecified atom stereocenters. The molecular weight excluding hydrogens is 226 g/mol. The Morgan fingerprint density at radius 3 is 3.12 bits per heavy atom. The molecule has 7 heteroatoms. The molecule has 0 amide bonds. The van der Waals surface area contributed by atoms with Gasteiger partial charge in [-0.25, -0.2) is 9.78 Å². The minimum absolute atomic E-state index is 0.140. The van der Waals surface area contributed by atoms with Gasteiger partial charge < -0.3 is 19.3 Å². The van der Waals surface area contributed by atoms with Gasteiger partial charge in [-0.2, -0.15) is 0 Å². The number of morpholine rings is 1. The van der Waals surface area contributed by atoms with Crippen LogP contribution in [-0.2, 0) is 16.6 Å². The predicted molar refractivity (Wildman–Crippen MR) is 59.1 cm³/mol. The summed E-state index contributed by atoms with van der Waals surface area (Å²) < 4.78 is 6.49. The minimum Gasteiger partial charge on any atom is -0.479 e. The van der Waals surface area contributed by atoms with E-state index in [4.69, 9.17) is 9.84 Å². The van der Waals surface area contributed by atoms with Crippen LogP contribution in [0.1, 0.15) is 0 Å². The molecule has 0 aliphatic carbocycles. The average Bonchev–Trinajstić information content (AvgIpc) is 2.33. The first kappa shape index (κ1) is 11.6. The number of hydrogen-bond donors (Lipinski definition) is 1. The topological polar surface area (TPSA) is 84.7 Å². The van der Waals surface area contributed by atoms with Gasteiger partial charge in [-0.3, -0.25) is 4.79 Å². The second kappa shape index (κ2) is 4.54. The van der Waals surface area contributed by atoms with E-state index in [9.17, 15) is 9.59 Å². The first-order valence-electron chi connectivity index (χ1n) is 5.20. The third kappa shape index (κ3) is 2.28. The van der Waals surface area contributed by atoms with Crippen LogP contribution < -0.4 is 10.5 Å². The van der Waals surface area contributed by atoms with Crippen molar-refractivity contribution in [3.8, 4) is 0 Å². The number of anilines is 1. The number of rotatable bonds is 2. The number of aryl methyl sites for hydroxylation is 1. The molecular formula is C10H13N3O4. The molecule has 0 spiro atoms. The Hall–Kier alpha value is -1.89. The Labute approximate surface area is 97.3 Å². The summed E-state index contributed by atoms with van der Waals surface area (Å²) in [6, 6.07) is 0. The highest BCUT2D eigenvalue weighted by molar-refractivity contribution is 5.73. The number of carboxylic acid groups (broad SMARTS) is 1. The zero-order valence-corrected chi connectivity index (χ0v) is 9.37. The largest absolute Gasteiger partial charge is 0.479 e. The molecule has 0 bridgehead atoms. The second-order valence-corrected chi connectivity index (χ2v) is 3.81. The van der Waals surface area contributed by atoms with Gasteiger partial charge >= 0.3 is 5.97 Å². The van der Waals surface area contributed by atoms with Crippen LogP contribution in [0, 0.1) is 0 Å². The third-order valence-electron chi connectivity index (χ3n) is 2.64. The van der Waals surface area contributed by atoms with Crippen LogP contribution >= 0.6 is 0 Å². The number of carbonyl (C=O) groups is 1. The molecule has 92 valence electrons. The maximum Gasteiger partial charge on any atom is 0.334 e. The number of hydrogen-bond acceptors (Lipinski definition) is 5. The van der Waals surface area contributed by atoms with Gasteiger partial charge in [-0.15, -0.1) is 0 Å². The van der Waals surface area contributed by atoms with Crippen LogP contribution in [-0.4, -0.2) is 46.4 Å². The summed E-state index contributed by atoms with van der Waals surface area (Å²) in [7, 11) is 1.63. The monoisotopic (exact) mass is 239 g/mol. The van der Waals surface area contributed by atoms with Crippen LogP contribution in [0.3, 0.4) is 0 Å². The molecule has 1 aliphatic heterocycles. The van der Waals surface area contributed by atoms with E-state index in [0.717, 1.165) is 0 Å². The molecule has 2 rings (SSSR count). The van der Waals surface area contributed by atoms with E-state index in [0.29, 0.717) is 6.54 Å². The maximum absolute atomic E-state index is 11.8. The van der Waals surface area contributed by atoms with Gasteiger partial charge in [0.05, 0.1) is 13.2 Å². The second-order valence-electron chi connectivity index (χ2n) is 3.81. The van der Waals surface area contributed by atoms with Gasteiger partial charge in [-0.1, -0.05) is 0 Å². The smallest absolute Gasteiger partial charge is 0.334 e. The molecule has 1 N–H and O–H groups in total. The quantitative estimate of drug-likeness (QED) is 0.717. The van der Waals surface area contributed by atoms with Crippen LogP contribution in [0.15, 0.2) is 17.2 Å². The first-order chi connectivity index (χ1) is 8.09. The van der Waals surface area contributed by atoms with Crippen molar-refractivity contribution in [1.29, 1.82) is 0 Å². The Kier molecular flexibility index (Phi) is 3.10. The molecule has 1 aromatic rings. The van der Waals surface area contributed by atoms with E-state index in [-0.39, 0.29) is 24.5 Å². The lowest BCUT2D eigenvalue weighted by Crippen LogP contribution is -2.48. The first-order valence-corrected chi connectivity index (χ1v) is 5.20. The van der Waals surface area contributed by atoms with Crippen LogP contribution in [0.4, 0.5) is 5.82 Å². The van der Waals surface area contributed by atoms with Gasteiger partial charge in [0, 0.05) is 26.0 Å². The highest BCUT2D eigenvalue weighted by Crippen LogP contribution is 2.10. The van der Waals surface area contributed by atoms with E-state index in [1.165, 1.54) is 10.8 Å². The number of ether oxygens (including phenoxy) is 1. The van der Waals surface area contributed by atoms with Crippen molar-refractivity contribution in [3.05, 3.63) is 22.7 Å². The van der Waals surface area contributed by atoms with E-state index in [2.05, 4.69) is 4.98 Å². The number of aliphatic carboxylic acids is 1. The maximum atomic E-state index is 11.8. The lowest BCUT2D eigenvalue weighted by atomic mass is 10.3. The van der Waals surface area contributed by atoms with E-state index < -0.39 is 12.1 Å². The van der Waals surface area contributed by atoms with Gasteiger partial charge in [0.15, 0.2) is 11.9 Å². The lowest BCUT2D eigenvalue weighted by molar-refractivity contribution is -0.150. The number of carboxylic acids is 1. The predicted octanol–water partition coefficient (Wildman–Crippen LogP) is -0.930. The highest BCUT2D eigenvalue weighted by Gasteiger charge is 2.28. The summed E-state index contributed by atoms with van der Waals surface area (Å²) in [6.07, 6.45) is 2.17. The minimum atomic E-state index is -1.03. The number of aromatic nitrogens is 2. The molecule has 0 radical (unpaired) electrons. The van der Waals surface area contributed by atoms with Gasteiger partial charge in [0.1, 0.15) is 0 Å². The summed E-state index contributed by atoms with van der Waals surface area (Å²) in [5.41, 5.74) is -0.237. The standard InChI is InChI=1S/C10H13N3O4/c1-12-3-2-11-8(9(12)14)13-4-5-17-7(6-13)10(15)16/h2-3,7H,4-6H2,1H3,(H,15,16). The van der Waals surface area contributed by atoms with Crippen molar-refractivity contribution in [1.82, 2.24) is 9.55 Å². The fraction of sp³-hybridized carbons (Fsp3) is 0.500. The van der Waals surface area contributed by atoms with Gasteiger partial charge in [0.25, 0.3) is 5.56 Å². The van der Waals surface area contributed by atoms with Gasteiger partial charge in [-0.05, 0) is 0 Å². The molecule has 1 atom stereocenters. The summed E-state index contributed by atoms with van der Waals surface area (Å²) in [5, 5.41) is 8.87. The number of nitrogens with zero attached hydrogens (tertiary/aromatic N) is 3. The van der Waals surface area contributed by atoms with E-state index in [1.54, 1.807) is 18.1 Å². The molecule has 1 saturated heterocycles. The molecule has 2 heterocycles. The summed E-state index contributed by atoms with van der Waals surface area (Å²) >= 11 is 0. The van der Waals surface area contributed by atoms with Crippen molar-refractivity contribution in [2.24, 2.45) is 7.05 Å². The van der Waals surface area contributed by atoms with Crippen molar-refractivity contribution >= 4 is 11.8 Å². The van der Waals surface area contributed by atoms with Crippen LogP contribution in [0.25, 0.3) is 0 Å². The summed E-state index contributed by atoms with van der Waals surface area (Å²) in [4.78, 5) is 28.3. The molecule has 17 heavy (non-hydrogen) atoms. The fourth-order valence-electron chi connectivity index (χ4n) is 1.69. The van der Waals surface area contributed by atoms with E-state index in [1.807, 2.05) is 0 Å². The van der Waals surface area contributed by atoms with Crippen molar-refractivity contribution in [3.63, 3.8) is 0 Å². The lowest BCUT2D eigenvalue weighted by Gasteiger charge is -2.31. The Morgan fingerprint density at radius 2 is 2.41 bits per heavy atom. The third-order valence-corrected chi connectivity index (χ3v) is 2.64. The van der Waals surface area contributed by atoms with Crippen molar-refractivity contribution in [2.75, 3.05) is 24.6 Å². The molecule has 1 fully saturated rings. The fourth-order valence-corrected chi connectivity index (χ4v) is 1.69. The zero-order valence-electron chi connectivity index (χ0n) is 9.37. The highest BCUT2D eigenvalue weighted by atomic mass is 16.5. The van der Waals surface area contributed by atoms with E-state index >= 15 is 0 Å². The van der Waals surface area contributed by atoms with Crippen LogP contribution in [0.2, 0.25) is 0 Å². The molecule has 0 saturated carbocycles. The normalized spacial score (nSPS) is 20.3. The van der Waals surface area contributed by atoms with Gasteiger partial charge in [0.2, 0.25) is 0 Å². The molecule has 1 aliphatic rings.